The van der Waals surface area contributed by atoms with E-state index in [4.69, 9.17) is 10.2 Å². The fourth-order valence-electron chi connectivity index (χ4n) is 8.07. The van der Waals surface area contributed by atoms with Crippen LogP contribution in [0.5, 0.6) is 0 Å². The topological polar surface area (TPSA) is 40.6 Å². The Morgan fingerprint density at radius 1 is 0.456 bits per heavy atom. The van der Waals surface area contributed by atoms with Gasteiger partial charge in [0.2, 0.25) is 0 Å². The van der Waals surface area contributed by atoms with Crippen LogP contribution in [0.4, 0.5) is 0 Å². The first-order valence-electron chi connectivity index (χ1n) is 19.2. The van der Waals surface area contributed by atoms with E-state index in [2.05, 4.69) is 230 Å². The van der Waals surface area contributed by atoms with Crippen molar-refractivity contribution in [2.24, 2.45) is 0 Å². The van der Waals surface area contributed by atoms with Crippen molar-refractivity contribution < 1.29 is 19.4 Å². The van der Waals surface area contributed by atoms with E-state index in [1.165, 1.54) is 33.1 Å². The SMILES string of the molecule is Cc1cc(C)c(B(c2cccc(-c3cc(-c4ccccc4)n(-c4ccccc4)n3)c2)c2cccc(-n3nc(-c4ccccc4)n(-c4ccccc4)[c]3=[Pt])c2)c(C)c1. The van der Waals surface area contributed by atoms with E-state index in [1.807, 2.05) is 12.1 Å². The van der Waals surface area contributed by atoms with Gasteiger partial charge in [-0.3, -0.25) is 0 Å². The average Bonchev–Trinajstić information content (AvgIpc) is 3.86. The molecule has 0 unspecified atom stereocenters. The van der Waals surface area contributed by atoms with Crippen LogP contribution in [-0.2, 0) is 19.4 Å². The molecular formula is C50H40BN5Pt. The second-order valence-corrected chi connectivity index (χ2v) is 15.5. The Bertz CT molecular complexity index is 2820. The molecule has 2 aromatic heterocycles. The van der Waals surface area contributed by atoms with Crippen LogP contribution in [0.2, 0.25) is 0 Å². The molecule has 2 heterocycles. The summed E-state index contributed by atoms with van der Waals surface area (Å²) in [5.41, 5.74) is 15.8. The van der Waals surface area contributed by atoms with Crippen LogP contribution in [0.1, 0.15) is 16.7 Å². The maximum atomic E-state index is 5.30. The molecule has 7 heteroatoms. The van der Waals surface area contributed by atoms with Crippen LogP contribution in [0, 0.1) is 24.6 Å². The number of hydrogen-bond donors (Lipinski definition) is 0. The molecule has 9 rings (SSSR count). The molecule has 0 aliphatic carbocycles. The first-order chi connectivity index (χ1) is 27.9. The molecule has 7 aromatic carbocycles. The van der Waals surface area contributed by atoms with Gasteiger partial charge in [0.25, 0.3) is 0 Å². The van der Waals surface area contributed by atoms with Crippen molar-refractivity contribution in [1.29, 1.82) is 0 Å². The zero-order valence-electron chi connectivity index (χ0n) is 32.0. The maximum absolute atomic E-state index is 5.30. The second-order valence-electron chi connectivity index (χ2n) is 14.5. The van der Waals surface area contributed by atoms with Crippen molar-refractivity contribution in [1.82, 2.24) is 24.1 Å². The van der Waals surface area contributed by atoms with Crippen molar-refractivity contribution in [3.8, 4) is 51.0 Å². The first-order valence-corrected chi connectivity index (χ1v) is 20.3. The Hall–Kier alpha value is -6.36. The number of benzene rings is 7. The molecule has 0 spiro atoms. The second kappa shape index (κ2) is 15.6. The van der Waals surface area contributed by atoms with Crippen LogP contribution in [0.25, 0.3) is 51.0 Å². The predicted octanol–water partition coefficient (Wildman–Crippen LogP) is 9.37. The first kappa shape index (κ1) is 36.3. The summed E-state index contributed by atoms with van der Waals surface area (Å²) in [6, 6.07) is 66.5. The van der Waals surface area contributed by atoms with Crippen LogP contribution in [-0.4, -0.2) is 30.8 Å². The molecule has 278 valence electrons. The van der Waals surface area contributed by atoms with Gasteiger partial charge in [-0.15, -0.1) is 0 Å². The number of hydrogen-bond acceptors (Lipinski definition) is 2. The summed E-state index contributed by atoms with van der Waals surface area (Å²) >= 11 is 2.42. The van der Waals surface area contributed by atoms with Gasteiger partial charge in [-0.05, 0) is 12.1 Å². The van der Waals surface area contributed by atoms with Crippen molar-refractivity contribution in [3.63, 3.8) is 0 Å². The van der Waals surface area contributed by atoms with Gasteiger partial charge in [0.1, 0.15) is 0 Å². The molecule has 5 nitrogen and oxygen atoms in total. The van der Waals surface area contributed by atoms with Crippen molar-refractivity contribution in [2.75, 3.05) is 0 Å². The van der Waals surface area contributed by atoms with Crippen molar-refractivity contribution in [3.05, 3.63) is 209 Å². The quantitative estimate of drug-likeness (QED) is 0.136. The zero-order valence-corrected chi connectivity index (χ0v) is 34.3. The van der Waals surface area contributed by atoms with E-state index >= 15 is 0 Å². The molecular weight excluding hydrogens is 876 g/mol. The third kappa shape index (κ3) is 7.14. The van der Waals surface area contributed by atoms with E-state index in [9.17, 15) is 0 Å². The van der Waals surface area contributed by atoms with Gasteiger partial charge in [-0.2, -0.15) is 0 Å². The number of aromatic nitrogens is 5. The summed E-state index contributed by atoms with van der Waals surface area (Å²) < 4.78 is 7.35. The Morgan fingerprint density at radius 3 is 1.63 bits per heavy atom. The Balaban J connectivity index is 1.20. The predicted molar refractivity (Wildman–Crippen MR) is 231 cm³/mol. The number of nitrogens with zero attached hydrogens (tertiary/aromatic N) is 5. The average molecular weight is 917 g/mol. The van der Waals surface area contributed by atoms with Crippen molar-refractivity contribution in [2.45, 2.75) is 20.8 Å². The van der Waals surface area contributed by atoms with E-state index in [-0.39, 0.29) is 6.71 Å². The van der Waals surface area contributed by atoms with Gasteiger partial charge in [0, 0.05) is 5.56 Å². The monoisotopic (exact) mass is 916 g/mol. The van der Waals surface area contributed by atoms with Crippen molar-refractivity contribution >= 4 is 23.1 Å². The Labute approximate surface area is 345 Å². The molecule has 0 saturated carbocycles. The van der Waals surface area contributed by atoms with E-state index in [0.29, 0.717) is 0 Å². The number of aryl methyl sites for hydroxylation is 3. The van der Waals surface area contributed by atoms with Gasteiger partial charge >= 0.3 is 275 Å². The van der Waals surface area contributed by atoms with Crippen LogP contribution >= 0.6 is 0 Å². The third-order valence-corrected chi connectivity index (χ3v) is 11.5. The van der Waals surface area contributed by atoms with E-state index in [1.54, 1.807) is 0 Å². The molecule has 57 heavy (non-hydrogen) atoms. The molecule has 0 bridgehead atoms. The third-order valence-electron chi connectivity index (χ3n) is 10.6. The molecule has 0 aliphatic rings. The Kier molecular flexibility index (Phi) is 9.96. The fraction of sp³-hybridized carbons (Fsp3) is 0.0600. The van der Waals surface area contributed by atoms with Crippen LogP contribution < -0.4 is 16.4 Å². The molecule has 0 saturated heterocycles. The number of para-hydroxylation sites is 2. The minimum atomic E-state index is -0.0430. The summed E-state index contributed by atoms with van der Waals surface area (Å²) in [6.07, 6.45) is 0. The molecule has 9 aromatic rings. The van der Waals surface area contributed by atoms with E-state index < -0.39 is 0 Å². The summed E-state index contributed by atoms with van der Waals surface area (Å²) in [7, 11) is 0. The molecule has 0 fully saturated rings. The molecule has 0 radical (unpaired) electrons. The summed E-state index contributed by atoms with van der Waals surface area (Å²) in [6.45, 7) is 6.63. The molecule has 0 amide bonds. The van der Waals surface area contributed by atoms with Crippen LogP contribution in [0.3, 0.4) is 0 Å². The minimum absolute atomic E-state index is 0.0430. The normalized spacial score (nSPS) is 11.2. The van der Waals surface area contributed by atoms with Gasteiger partial charge in [0.15, 0.2) is 0 Å². The molecule has 0 aliphatic heterocycles. The zero-order chi connectivity index (χ0) is 38.9. The van der Waals surface area contributed by atoms with E-state index in [0.717, 1.165) is 54.8 Å². The molecule has 0 atom stereocenters. The summed E-state index contributed by atoms with van der Waals surface area (Å²) in [5.74, 6) is 0.886. The van der Waals surface area contributed by atoms with Gasteiger partial charge in [0.05, 0.1) is 5.69 Å². The molecule has 0 N–H and O–H groups in total. The summed E-state index contributed by atoms with van der Waals surface area (Å²) in [5, 5.41) is 10.5. The number of rotatable bonds is 9. The van der Waals surface area contributed by atoms with Gasteiger partial charge in [-0.25, -0.2) is 0 Å². The summed E-state index contributed by atoms with van der Waals surface area (Å²) in [4.78, 5) is 0. The van der Waals surface area contributed by atoms with Gasteiger partial charge in [-0.1, -0.05) is 48.5 Å². The van der Waals surface area contributed by atoms with Gasteiger partial charge < -0.3 is 0 Å². The standard InChI is InChI=1S/C50H40BN5.Pt/c1-36-30-37(2)49(38(3)31-36)51(42-23-16-22-41(32-42)47-34-48(39-18-8-4-9-19-39)56(52-47)45-27-14-7-15-28-45)43-24-17-29-46(33-43)55-35-54(44-25-12-6-13-26-44)50(53-55)40-20-10-5-11-21-40;/h4-34H,1-3H3;. The Morgan fingerprint density at radius 2 is 0.982 bits per heavy atom. The fourth-order valence-corrected chi connectivity index (χ4v) is 9.01. The van der Waals surface area contributed by atoms with Crippen LogP contribution in [0.15, 0.2) is 188 Å².